The van der Waals surface area contributed by atoms with Gasteiger partial charge in [0.2, 0.25) is 11.2 Å². The van der Waals surface area contributed by atoms with E-state index >= 15 is 0 Å². The molecule has 0 bridgehead atoms. The van der Waals surface area contributed by atoms with E-state index in [0.717, 1.165) is 4.47 Å². The number of ether oxygens (including phenoxy) is 1. The Morgan fingerprint density at radius 3 is 2.84 bits per heavy atom. The Morgan fingerprint density at radius 1 is 1.42 bits per heavy atom. The van der Waals surface area contributed by atoms with Crippen LogP contribution in [0.25, 0.3) is 0 Å². The number of anilines is 1. The van der Waals surface area contributed by atoms with Crippen LogP contribution in [0, 0.1) is 0 Å². The van der Waals surface area contributed by atoms with E-state index in [0.29, 0.717) is 19.1 Å². The van der Waals surface area contributed by atoms with E-state index in [-0.39, 0.29) is 11.3 Å². The summed E-state index contributed by atoms with van der Waals surface area (Å²) in [5, 5.41) is 2.17. The second-order valence-corrected chi connectivity index (χ2v) is 5.96. The SMILES string of the molecule is CCOc1nc(Cl)nc(N(C)Cc2cc(Br)cs2)n1. The molecule has 8 heteroatoms. The van der Waals surface area contributed by atoms with Crippen LogP contribution in [0.1, 0.15) is 11.8 Å². The third kappa shape index (κ3) is 4.02. The van der Waals surface area contributed by atoms with E-state index in [1.165, 1.54) is 4.88 Å². The highest BCUT2D eigenvalue weighted by molar-refractivity contribution is 9.10. The van der Waals surface area contributed by atoms with E-state index in [9.17, 15) is 0 Å². The van der Waals surface area contributed by atoms with Crippen LogP contribution in [0.2, 0.25) is 5.28 Å². The summed E-state index contributed by atoms with van der Waals surface area (Å²) in [4.78, 5) is 15.3. The Morgan fingerprint density at radius 2 is 2.21 bits per heavy atom. The number of hydrogen-bond donors (Lipinski definition) is 0. The Labute approximate surface area is 128 Å². The molecule has 19 heavy (non-hydrogen) atoms. The molecule has 0 aliphatic heterocycles. The molecule has 102 valence electrons. The second kappa shape index (κ2) is 6.49. The van der Waals surface area contributed by atoms with Crippen LogP contribution in [0.3, 0.4) is 0 Å². The fraction of sp³-hybridized carbons (Fsp3) is 0.364. The largest absolute Gasteiger partial charge is 0.464 e. The molecule has 2 heterocycles. The van der Waals surface area contributed by atoms with Gasteiger partial charge in [0.15, 0.2) is 0 Å². The van der Waals surface area contributed by atoms with Crippen LogP contribution in [-0.2, 0) is 6.54 Å². The minimum absolute atomic E-state index is 0.132. The predicted molar refractivity (Wildman–Crippen MR) is 80.1 cm³/mol. The van der Waals surface area contributed by atoms with Gasteiger partial charge in [-0.05, 0) is 40.5 Å². The predicted octanol–water partition coefficient (Wildman–Crippen LogP) is 3.38. The van der Waals surface area contributed by atoms with E-state index in [1.807, 2.05) is 24.3 Å². The van der Waals surface area contributed by atoms with Gasteiger partial charge >= 0.3 is 6.01 Å². The molecule has 0 saturated heterocycles. The van der Waals surface area contributed by atoms with Gasteiger partial charge in [0, 0.05) is 21.8 Å². The van der Waals surface area contributed by atoms with Crippen LogP contribution in [0.5, 0.6) is 6.01 Å². The summed E-state index contributed by atoms with van der Waals surface area (Å²) in [6, 6.07) is 2.31. The first-order valence-electron chi connectivity index (χ1n) is 5.57. The quantitative estimate of drug-likeness (QED) is 0.815. The van der Waals surface area contributed by atoms with Crippen LogP contribution in [0.4, 0.5) is 5.95 Å². The highest BCUT2D eigenvalue weighted by Crippen LogP contribution is 2.22. The van der Waals surface area contributed by atoms with Crippen LogP contribution in [-0.4, -0.2) is 28.6 Å². The van der Waals surface area contributed by atoms with Crippen molar-refractivity contribution in [1.29, 1.82) is 0 Å². The highest BCUT2D eigenvalue weighted by atomic mass is 79.9. The summed E-state index contributed by atoms with van der Waals surface area (Å²) in [6.07, 6.45) is 0. The van der Waals surface area contributed by atoms with Gasteiger partial charge in [-0.3, -0.25) is 0 Å². The van der Waals surface area contributed by atoms with Crippen molar-refractivity contribution in [2.75, 3.05) is 18.6 Å². The van der Waals surface area contributed by atoms with Gasteiger partial charge in [-0.1, -0.05) is 0 Å². The third-order valence-corrected chi connectivity index (χ3v) is 4.06. The number of aromatic nitrogens is 3. The summed E-state index contributed by atoms with van der Waals surface area (Å²) in [6.45, 7) is 3.05. The van der Waals surface area contributed by atoms with Crippen molar-refractivity contribution in [3.8, 4) is 6.01 Å². The van der Waals surface area contributed by atoms with Gasteiger partial charge in [-0.25, -0.2) is 0 Å². The fourth-order valence-electron chi connectivity index (χ4n) is 1.43. The summed E-state index contributed by atoms with van der Waals surface area (Å²) in [5.74, 6) is 0.493. The summed E-state index contributed by atoms with van der Waals surface area (Å²) < 4.78 is 6.33. The maximum absolute atomic E-state index is 5.86. The van der Waals surface area contributed by atoms with Crippen LogP contribution in [0.15, 0.2) is 15.9 Å². The molecule has 0 atom stereocenters. The lowest BCUT2D eigenvalue weighted by atomic mass is 10.4. The zero-order valence-electron chi connectivity index (χ0n) is 10.4. The zero-order valence-corrected chi connectivity index (χ0v) is 13.6. The monoisotopic (exact) mass is 362 g/mol. The van der Waals surface area contributed by atoms with Crippen molar-refractivity contribution in [2.24, 2.45) is 0 Å². The van der Waals surface area contributed by atoms with Crippen molar-refractivity contribution in [1.82, 2.24) is 15.0 Å². The summed E-state index contributed by atoms with van der Waals surface area (Å²) >= 11 is 11.0. The molecule has 0 aliphatic carbocycles. The number of thiophene rings is 1. The van der Waals surface area contributed by atoms with E-state index in [4.69, 9.17) is 16.3 Å². The van der Waals surface area contributed by atoms with Gasteiger partial charge in [0.25, 0.3) is 0 Å². The normalized spacial score (nSPS) is 10.5. The minimum Gasteiger partial charge on any atom is -0.464 e. The van der Waals surface area contributed by atoms with Gasteiger partial charge in [0.05, 0.1) is 13.2 Å². The number of rotatable bonds is 5. The topological polar surface area (TPSA) is 51.1 Å². The first-order valence-corrected chi connectivity index (χ1v) is 7.62. The first kappa shape index (κ1) is 14.5. The molecular weight excluding hydrogens is 352 g/mol. The molecule has 0 amide bonds. The van der Waals surface area contributed by atoms with Crippen molar-refractivity contribution >= 4 is 44.8 Å². The van der Waals surface area contributed by atoms with Gasteiger partial charge < -0.3 is 9.64 Å². The van der Waals surface area contributed by atoms with E-state index in [2.05, 4.69) is 36.9 Å². The number of hydrogen-bond acceptors (Lipinski definition) is 6. The Kier molecular flexibility index (Phi) is 4.95. The average Bonchev–Trinajstić information content (AvgIpc) is 2.74. The molecule has 0 radical (unpaired) electrons. The fourth-order valence-corrected chi connectivity index (χ4v) is 3.08. The second-order valence-electron chi connectivity index (χ2n) is 3.71. The molecule has 0 N–H and O–H groups in total. The Hall–Kier alpha value is -0.920. The van der Waals surface area contributed by atoms with Crippen LogP contribution >= 0.6 is 38.9 Å². The molecule has 5 nitrogen and oxygen atoms in total. The van der Waals surface area contributed by atoms with Gasteiger partial charge in [0.1, 0.15) is 0 Å². The Bertz CT molecular complexity index is 565. The maximum Gasteiger partial charge on any atom is 0.322 e. The van der Waals surface area contributed by atoms with Crippen molar-refractivity contribution < 1.29 is 4.74 Å². The molecule has 0 aliphatic rings. The molecule has 0 fully saturated rings. The van der Waals surface area contributed by atoms with Crippen molar-refractivity contribution in [3.63, 3.8) is 0 Å². The smallest absolute Gasteiger partial charge is 0.322 e. The average molecular weight is 364 g/mol. The molecule has 2 rings (SSSR count). The number of halogens is 2. The van der Waals surface area contributed by atoms with E-state index in [1.54, 1.807) is 11.3 Å². The minimum atomic E-state index is 0.132. The third-order valence-electron chi connectivity index (χ3n) is 2.21. The highest BCUT2D eigenvalue weighted by Gasteiger charge is 2.11. The standard InChI is InChI=1S/C11H12BrClN4OS/c1-3-18-11-15-9(13)14-10(16-11)17(2)5-8-4-7(12)6-19-8/h4,6H,3,5H2,1-2H3. The molecule has 2 aromatic rings. The molecule has 0 saturated carbocycles. The summed E-state index contributed by atoms with van der Waals surface area (Å²) in [5.41, 5.74) is 0. The molecule has 0 aromatic carbocycles. The lowest BCUT2D eigenvalue weighted by molar-refractivity contribution is 0.311. The molecular formula is C11H12BrClN4OS. The lowest BCUT2D eigenvalue weighted by Crippen LogP contribution is -2.19. The molecule has 2 aromatic heterocycles. The van der Waals surface area contributed by atoms with Crippen molar-refractivity contribution in [3.05, 3.63) is 26.1 Å². The number of nitrogens with zero attached hydrogens (tertiary/aromatic N) is 4. The first-order chi connectivity index (χ1) is 9.08. The Balaban J connectivity index is 2.15. The van der Waals surface area contributed by atoms with Crippen molar-refractivity contribution in [2.45, 2.75) is 13.5 Å². The summed E-state index contributed by atoms with van der Waals surface area (Å²) in [7, 11) is 1.90. The lowest BCUT2D eigenvalue weighted by Gasteiger charge is -2.16. The van der Waals surface area contributed by atoms with Gasteiger partial charge in [-0.15, -0.1) is 11.3 Å². The maximum atomic E-state index is 5.86. The molecule has 0 spiro atoms. The van der Waals surface area contributed by atoms with E-state index < -0.39 is 0 Å². The van der Waals surface area contributed by atoms with Gasteiger partial charge in [-0.2, -0.15) is 15.0 Å². The zero-order chi connectivity index (χ0) is 13.8. The van der Waals surface area contributed by atoms with Crippen LogP contribution < -0.4 is 9.64 Å². The molecule has 0 unspecified atom stereocenters.